The van der Waals surface area contributed by atoms with Crippen molar-refractivity contribution in [2.45, 2.75) is 32.7 Å². The van der Waals surface area contributed by atoms with E-state index in [1.54, 1.807) is 0 Å². The van der Waals surface area contributed by atoms with Crippen LogP contribution in [-0.4, -0.2) is 22.9 Å². The molecule has 13 heavy (non-hydrogen) atoms. The summed E-state index contributed by atoms with van der Waals surface area (Å²) >= 11 is 0. The third-order valence-corrected chi connectivity index (χ3v) is 2.14. The summed E-state index contributed by atoms with van der Waals surface area (Å²) < 4.78 is 2.01. The summed E-state index contributed by atoms with van der Waals surface area (Å²) in [5.74, 6) is 0. The third-order valence-electron chi connectivity index (χ3n) is 2.14. The fraction of sp³-hybridized carbons (Fsp3) is 0.700. The maximum atomic E-state index is 4.20. The first-order valence-corrected chi connectivity index (χ1v) is 5.04. The Labute approximate surface area is 80.1 Å². The summed E-state index contributed by atoms with van der Waals surface area (Å²) in [5, 5.41) is 7.59. The average Bonchev–Trinajstić information content (AvgIpc) is 2.65. The van der Waals surface area contributed by atoms with Crippen molar-refractivity contribution in [2.24, 2.45) is 0 Å². The Balaban J connectivity index is 2.15. The summed E-state index contributed by atoms with van der Waals surface area (Å²) in [7, 11) is 0. The van der Waals surface area contributed by atoms with Gasteiger partial charge in [-0.3, -0.25) is 4.68 Å². The molecule has 0 saturated carbocycles. The van der Waals surface area contributed by atoms with Gasteiger partial charge in [-0.25, -0.2) is 0 Å². The standard InChI is InChI=1S/C10H19N3/c1-3-6-11-8-5-10(2)13-9-4-7-12-13/h4,7,9-11H,3,5-6,8H2,1-2H3. The van der Waals surface area contributed by atoms with E-state index in [1.807, 2.05) is 23.1 Å². The van der Waals surface area contributed by atoms with Gasteiger partial charge in [-0.2, -0.15) is 5.10 Å². The van der Waals surface area contributed by atoms with Crippen LogP contribution < -0.4 is 5.32 Å². The van der Waals surface area contributed by atoms with Crippen molar-refractivity contribution in [3.05, 3.63) is 18.5 Å². The van der Waals surface area contributed by atoms with Gasteiger partial charge >= 0.3 is 0 Å². The summed E-state index contributed by atoms with van der Waals surface area (Å²) in [6.07, 6.45) is 6.19. The zero-order valence-corrected chi connectivity index (χ0v) is 8.53. The van der Waals surface area contributed by atoms with E-state index in [4.69, 9.17) is 0 Å². The Bertz CT molecular complexity index is 206. The van der Waals surface area contributed by atoms with Crippen LogP contribution in [0.15, 0.2) is 18.5 Å². The second kappa shape index (κ2) is 5.75. The Hall–Kier alpha value is -0.830. The second-order valence-corrected chi connectivity index (χ2v) is 3.37. The van der Waals surface area contributed by atoms with Crippen molar-refractivity contribution in [3.63, 3.8) is 0 Å². The minimum Gasteiger partial charge on any atom is -0.317 e. The van der Waals surface area contributed by atoms with Crippen molar-refractivity contribution in [1.82, 2.24) is 15.1 Å². The normalized spacial score (nSPS) is 13.1. The van der Waals surface area contributed by atoms with Gasteiger partial charge in [0.25, 0.3) is 0 Å². The van der Waals surface area contributed by atoms with Crippen LogP contribution in [0.25, 0.3) is 0 Å². The molecule has 1 atom stereocenters. The Morgan fingerprint density at radius 2 is 2.31 bits per heavy atom. The molecule has 1 heterocycles. The summed E-state index contributed by atoms with van der Waals surface area (Å²) in [6.45, 7) is 6.57. The highest BCUT2D eigenvalue weighted by Crippen LogP contribution is 2.06. The number of hydrogen-bond acceptors (Lipinski definition) is 2. The molecule has 0 aliphatic heterocycles. The monoisotopic (exact) mass is 181 g/mol. The lowest BCUT2D eigenvalue weighted by Crippen LogP contribution is -2.19. The zero-order chi connectivity index (χ0) is 9.52. The van der Waals surface area contributed by atoms with Gasteiger partial charge in [-0.1, -0.05) is 6.92 Å². The molecule has 0 aliphatic rings. The SMILES string of the molecule is CCCNCCC(C)n1cccn1. The van der Waals surface area contributed by atoms with E-state index in [9.17, 15) is 0 Å². The van der Waals surface area contributed by atoms with Crippen LogP contribution in [-0.2, 0) is 0 Å². The van der Waals surface area contributed by atoms with Gasteiger partial charge in [0.1, 0.15) is 0 Å². The molecule has 0 aromatic carbocycles. The number of nitrogens with zero attached hydrogens (tertiary/aromatic N) is 2. The van der Waals surface area contributed by atoms with E-state index < -0.39 is 0 Å². The van der Waals surface area contributed by atoms with Crippen molar-refractivity contribution in [2.75, 3.05) is 13.1 Å². The van der Waals surface area contributed by atoms with Crippen LogP contribution in [0.1, 0.15) is 32.7 Å². The number of rotatable bonds is 6. The molecule has 3 nitrogen and oxygen atoms in total. The molecule has 0 saturated heterocycles. The molecular formula is C10H19N3. The molecule has 74 valence electrons. The number of nitrogens with one attached hydrogen (secondary N) is 1. The lowest BCUT2D eigenvalue weighted by atomic mass is 10.2. The molecule has 0 amide bonds. The van der Waals surface area contributed by atoms with E-state index in [-0.39, 0.29) is 0 Å². The minimum absolute atomic E-state index is 0.499. The smallest absolute Gasteiger partial charge is 0.0503 e. The van der Waals surface area contributed by atoms with Crippen LogP contribution in [0.2, 0.25) is 0 Å². The molecule has 1 unspecified atom stereocenters. The van der Waals surface area contributed by atoms with Gasteiger partial charge in [-0.05, 0) is 38.9 Å². The molecular weight excluding hydrogens is 162 g/mol. The predicted octanol–water partition coefficient (Wildman–Crippen LogP) is 1.83. The third kappa shape index (κ3) is 3.59. The van der Waals surface area contributed by atoms with Gasteiger partial charge in [0.05, 0.1) is 6.04 Å². The van der Waals surface area contributed by atoms with Crippen molar-refractivity contribution in [3.8, 4) is 0 Å². The van der Waals surface area contributed by atoms with Crippen LogP contribution >= 0.6 is 0 Å². The van der Waals surface area contributed by atoms with E-state index in [0.29, 0.717) is 6.04 Å². The lowest BCUT2D eigenvalue weighted by Gasteiger charge is -2.11. The second-order valence-electron chi connectivity index (χ2n) is 3.37. The van der Waals surface area contributed by atoms with Crippen LogP contribution in [0.5, 0.6) is 0 Å². The summed E-state index contributed by atoms with van der Waals surface area (Å²) in [5.41, 5.74) is 0. The first-order valence-electron chi connectivity index (χ1n) is 5.04. The quantitative estimate of drug-likeness (QED) is 0.679. The maximum Gasteiger partial charge on any atom is 0.0503 e. The van der Waals surface area contributed by atoms with Gasteiger partial charge in [0, 0.05) is 12.4 Å². The fourth-order valence-corrected chi connectivity index (χ4v) is 1.29. The average molecular weight is 181 g/mol. The highest BCUT2D eigenvalue weighted by atomic mass is 15.3. The summed E-state index contributed by atoms with van der Waals surface area (Å²) in [4.78, 5) is 0. The van der Waals surface area contributed by atoms with E-state index in [1.165, 1.54) is 6.42 Å². The molecule has 0 fully saturated rings. The first-order chi connectivity index (χ1) is 6.34. The Kier molecular flexibility index (Phi) is 4.54. The van der Waals surface area contributed by atoms with Gasteiger partial charge in [0.2, 0.25) is 0 Å². The molecule has 0 aliphatic carbocycles. The Morgan fingerprint density at radius 1 is 1.46 bits per heavy atom. The molecule has 3 heteroatoms. The van der Waals surface area contributed by atoms with Crippen molar-refractivity contribution in [1.29, 1.82) is 0 Å². The van der Waals surface area contributed by atoms with Gasteiger partial charge in [-0.15, -0.1) is 0 Å². The van der Waals surface area contributed by atoms with Crippen LogP contribution in [0.4, 0.5) is 0 Å². The van der Waals surface area contributed by atoms with E-state index >= 15 is 0 Å². The fourth-order valence-electron chi connectivity index (χ4n) is 1.29. The van der Waals surface area contributed by atoms with E-state index in [0.717, 1.165) is 19.5 Å². The largest absolute Gasteiger partial charge is 0.317 e. The molecule has 1 rings (SSSR count). The highest BCUT2D eigenvalue weighted by Gasteiger charge is 2.02. The molecule has 1 N–H and O–H groups in total. The Morgan fingerprint density at radius 3 is 2.92 bits per heavy atom. The van der Waals surface area contributed by atoms with E-state index in [2.05, 4.69) is 24.3 Å². The van der Waals surface area contributed by atoms with Gasteiger partial charge < -0.3 is 5.32 Å². The molecule has 0 radical (unpaired) electrons. The summed E-state index contributed by atoms with van der Waals surface area (Å²) in [6, 6.07) is 2.47. The topological polar surface area (TPSA) is 29.9 Å². The highest BCUT2D eigenvalue weighted by molar-refractivity contribution is 4.80. The van der Waals surface area contributed by atoms with Crippen LogP contribution in [0.3, 0.4) is 0 Å². The van der Waals surface area contributed by atoms with Crippen molar-refractivity contribution >= 4 is 0 Å². The number of hydrogen-bond donors (Lipinski definition) is 1. The molecule has 1 aromatic rings. The number of aromatic nitrogens is 2. The zero-order valence-electron chi connectivity index (χ0n) is 8.53. The maximum absolute atomic E-state index is 4.20. The molecule has 0 spiro atoms. The van der Waals surface area contributed by atoms with Crippen LogP contribution in [0, 0.1) is 0 Å². The molecule has 0 bridgehead atoms. The van der Waals surface area contributed by atoms with Crippen molar-refractivity contribution < 1.29 is 0 Å². The van der Waals surface area contributed by atoms with Gasteiger partial charge in [0.15, 0.2) is 0 Å². The molecule has 1 aromatic heterocycles. The predicted molar refractivity (Wildman–Crippen MR) is 54.7 cm³/mol. The minimum atomic E-state index is 0.499. The lowest BCUT2D eigenvalue weighted by molar-refractivity contribution is 0.444. The first kappa shape index (κ1) is 10.3.